The first-order valence-corrected chi connectivity index (χ1v) is 11.3. The summed E-state index contributed by atoms with van der Waals surface area (Å²) in [6.45, 7) is 3.50. The lowest BCUT2D eigenvalue weighted by atomic mass is 9.94. The van der Waals surface area contributed by atoms with Crippen LogP contribution >= 0.6 is 0 Å². The van der Waals surface area contributed by atoms with Gasteiger partial charge in [-0.25, -0.2) is 0 Å². The quantitative estimate of drug-likeness (QED) is 0.723. The Morgan fingerprint density at radius 2 is 1.63 bits per heavy atom. The minimum Gasteiger partial charge on any atom is -0.343 e. The van der Waals surface area contributed by atoms with E-state index in [9.17, 15) is 9.59 Å². The predicted octanol–water partition coefficient (Wildman–Crippen LogP) is 5.42. The van der Waals surface area contributed by atoms with Gasteiger partial charge in [-0.3, -0.25) is 9.59 Å². The maximum atomic E-state index is 12.7. The summed E-state index contributed by atoms with van der Waals surface area (Å²) in [4.78, 5) is 27.2. The Balaban J connectivity index is 1.27. The molecule has 1 aliphatic carbocycles. The van der Waals surface area contributed by atoms with Gasteiger partial charge in [-0.1, -0.05) is 54.8 Å². The molecule has 0 atom stereocenters. The van der Waals surface area contributed by atoms with Crippen molar-refractivity contribution in [3.63, 3.8) is 0 Å². The van der Waals surface area contributed by atoms with Crippen LogP contribution in [0.4, 0.5) is 5.69 Å². The van der Waals surface area contributed by atoms with Crippen LogP contribution in [0, 0.1) is 18.8 Å². The molecule has 4 heteroatoms. The van der Waals surface area contributed by atoms with Crippen molar-refractivity contribution in [3.8, 4) is 11.1 Å². The van der Waals surface area contributed by atoms with Gasteiger partial charge in [0.25, 0.3) is 0 Å². The van der Waals surface area contributed by atoms with Gasteiger partial charge in [-0.2, -0.15) is 0 Å². The SMILES string of the molecule is Cc1cccc(-c2ccc(NC(=O)C3CCN(C(=O)CC4CCCC4)CC3)cc2)c1. The maximum Gasteiger partial charge on any atom is 0.227 e. The summed E-state index contributed by atoms with van der Waals surface area (Å²) in [7, 11) is 0. The van der Waals surface area contributed by atoms with Crippen LogP contribution in [0.5, 0.6) is 0 Å². The van der Waals surface area contributed by atoms with Gasteiger partial charge in [0.2, 0.25) is 11.8 Å². The average molecular weight is 405 g/mol. The van der Waals surface area contributed by atoms with E-state index in [1.807, 2.05) is 17.0 Å². The van der Waals surface area contributed by atoms with Crippen molar-refractivity contribution in [1.82, 2.24) is 4.90 Å². The molecule has 1 aliphatic heterocycles. The van der Waals surface area contributed by atoms with Gasteiger partial charge < -0.3 is 10.2 Å². The van der Waals surface area contributed by atoms with Crippen molar-refractivity contribution in [2.75, 3.05) is 18.4 Å². The molecule has 2 fully saturated rings. The summed E-state index contributed by atoms with van der Waals surface area (Å²) in [5, 5.41) is 3.06. The van der Waals surface area contributed by atoms with E-state index in [4.69, 9.17) is 0 Å². The van der Waals surface area contributed by atoms with Crippen LogP contribution in [0.3, 0.4) is 0 Å². The normalized spacial score (nSPS) is 17.8. The zero-order valence-electron chi connectivity index (χ0n) is 17.9. The van der Waals surface area contributed by atoms with Crippen LogP contribution in [0.1, 0.15) is 50.5 Å². The number of carbonyl (C=O) groups excluding carboxylic acids is 2. The Bertz CT molecular complexity index is 876. The molecule has 2 aliphatic rings. The van der Waals surface area contributed by atoms with Crippen molar-refractivity contribution in [2.24, 2.45) is 11.8 Å². The number of rotatable bonds is 5. The highest BCUT2D eigenvalue weighted by Gasteiger charge is 2.29. The van der Waals surface area contributed by atoms with E-state index < -0.39 is 0 Å². The smallest absolute Gasteiger partial charge is 0.227 e. The van der Waals surface area contributed by atoms with Crippen molar-refractivity contribution in [3.05, 3.63) is 54.1 Å². The first kappa shape index (κ1) is 20.6. The second kappa shape index (κ2) is 9.46. The minimum absolute atomic E-state index is 0.0167. The second-order valence-electron chi connectivity index (χ2n) is 8.95. The summed E-state index contributed by atoms with van der Waals surface area (Å²) in [5.41, 5.74) is 4.39. The van der Waals surface area contributed by atoms with Crippen LogP contribution in [0.25, 0.3) is 11.1 Å². The lowest BCUT2D eigenvalue weighted by Crippen LogP contribution is -2.41. The van der Waals surface area contributed by atoms with Crippen molar-refractivity contribution < 1.29 is 9.59 Å². The summed E-state index contributed by atoms with van der Waals surface area (Å²) < 4.78 is 0. The van der Waals surface area contributed by atoms with Crippen molar-refractivity contribution >= 4 is 17.5 Å². The summed E-state index contributed by atoms with van der Waals surface area (Å²) >= 11 is 0. The minimum atomic E-state index is -0.0167. The molecular formula is C26H32N2O2. The monoisotopic (exact) mass is 404 g/mol. The Labute approximate surface area is 179 Å². The third-order valence-corrected chi connectivity index (χ3v) is 6.66. The zero-order chi connectivity index (χ0) is 20.9. The molecule has 2 aromatic carbocycles. The number of anilines is 1. The predicted molar refractivity (Wildman–Crippen MR) is 121 cm³/mol. The fourth-order valence-corrected chi connectivity index (χ4v) is 4.80. The molecule has 1 N–H and O–H groups in total. The molecule has 4 nitrogen and oxygen atoms in total. The standard InChI is InChI=1S/C26H32N2O2/c1-19-5-4-8-23(17-19)21-9-11-24(12-10-21)27-26(30)22-13-15-28(16-14-22)25(29)18-20-6-2-3-7-20/h4-5,8-12,17,20,22H,2-3,6-7,13-16,18H2,1H3,(H,27,30). The summed E-state index contributed by atoms with van der Waals surface area (Å²) in [5.74, 6) is 0.923. The molecule has 158 valence electrons. The first-order chi connectivity index (χ1) is 14.6. The Morgan fingerprint density at radius 3 is 2.30 bits per heavy atom. The second-order valence-corrected chi connectivity index (χ2v) is 8.95. The highest BCUT2D eigenvalue weighted by Crippen LogP contribution is 2.29. The number of hydrogen-bond acceptors (Lipinski definition) is 2. The topological polar surface area (TPSA) is 49.4 Å². The number of amides is 2. The first-order valence-electron chi connectivity index (χ1n) is 11.3. The maximum absolute atomic E-state index is 12.7. The Hall–Kier alpha value is -2.62. The molecule has 2 aromatic rings. The zero-order valence-corrected chi connectivity index (χ0v) is 17.9. The van der Waals surface area contributed by atoms with E-state index in [1.165, 1.54) is 36.8 Å². The summed E-state index contributed by atoms with van der Waals surface area (Å²) in [6, 6.07) is 16.4. The molecule has 2 amide bonds. The van der Waals surface area contributed by atoms with Crippen LogP contribution in [0.15, 0.2) is 48.5 Å². The van der Waals surface area contributed by atoms with E-state index in [-0.39, 0.29) is 17.7 Å². The molecule has 0 unspecified atom stereocenters. The third kappa shape index (κ3) is 5.10. The van der Waals surface area contributed by atoms with E-state index in [0.717, 1.165) is 24.1 Å². The van der Waals surface area contributed by atoms with E-state index in [2.05, 4.69) is 48.6 Å². The molecule has 30 heavy (non-hydrogen) atoms. The van der Waals surface area contributed by atoms with Crippen LogP contribution in [-0.2, 0) is 9.59 Å². The van der Waals surface area contributed by atoms with Gasteiger partial charge >= 0.3 is 0 Å². The highest BCUT2D eigenvalue weighted by molar-refractivity contribution is 5.93. The van der Waals surface area contributed by atoms with Crippen molar-refractivity contribution in [1.29, 1.82) is 0 Å². The van der Waals surface area contributed by atoms with Crippen LogP contribution in [0.2, 0.25) is 0 Å². The number of nitrogens with zero attached hydrogens (tertiary/aromatic N) is 1. The fraction of sp³-hybridized carbons (Fsp3) is 0.462. The molecular weight excluding hydrogens is 372 g/mol. The molecule has 0 spiro atoms. The lowest BCUT2D eigenvalue weighted by Gasteiger charge is -2.32. The molecule has 1 saturated carbocycles. The molecule has 0 radical (unpaired) electrons. The Morgan fingerprint density at radius 1 is 0.933 bits per heavy atom. The lowest BCUT2D eigenvalue weighted by molar-refractivity contribution is -0.135. The summed E-state index contributed by atoms with van der Waals surface area (Å²) in [6.07, 6.45) is 7.15. The van der Waals surface area contributed by atoms with Crippen LogP contribution < -0.4 is 5.32 Å². The van der Waals surface area contributed by atoms with Gasteiger partial charge in [-0.05, 0) is 61.8 Å². The third-order valence-electron chi connectivity index (χ3n) is 6.66. The van der Waals surface area contributed by atoms with Gasteiger partial charge in [0, 0.05) is 31.1 Å². The molecule has 0 aromatic heterocycles. The molecule has 4 rings (SSSR count). The van der Waals surface area contributed by atoms with Gasteiger partial charge in [-0.15, -0.1) is 0 Å². The molecule has 0 bridgehead atoms. The number of hydrogen-bond donors (Lipinski definition) is 1. The molecule has 1 saturated heterocycles. The van der Waals surface area contributed by atoms with Gasteiger partial charge in [0.15, 0.2) is 0 Å². The Kier molecular flexibility index (Phi) is 6.51. The fourth-order valence-electron chi connectivity index (χ4n) is 4.80. The van der Waals surface area contributed by atoms with E-state index in [0.29, 0.717) is 25.4 Å². The molecule has 1 heterocycles. The van der Waals surface area contributed by atoms with E-state index >= 15 is 0 Å². The highest BCUT2D eigenvalue weighted by atomic mass is 16.2. The number of piperidine rings is 1. The number of benzene rings is 2. The number of nitrogens with one attached hydrogen (secondary N) is 1. The largest absolute Gasteiger partial charge is 0.343 e. The van der Waals surface area contributed by atoms with Crippen LogP contribution in [-0.4, -0.2) is 29.8 Å². The average Bonchev–Trinajstić information content (AvgIpc) is 3.27. The number of carbonyl (C=O) groups is 2. The van der Waals surface area contributed by atoms with Gasteiger partial charge in [0.1, 0.15) is 0 Å². The van der Waals surface area contributed by atoms with E-state index in [1.54, 1.807) is 0 Å². The number of aryl methyl sites for hydroxylation is 1. The van der Waals surface area contributed by atoms with Gasteiger partial charge in [0.05, 0.1) is 0 Å². The van der Waals surface area contributed by atoms with Crippen molar-refractivity contribution in [2.45, 2.75) is 51.9 Å². The number of likely N-dealkylation sites (tertiary alicyclic amines) is 1.